The molecular weight excluding hydrogens is 222 g/mol. The molecule has 1 aromatic rings. The van der Waals surface area contributed by atoms with Crippen LogP contribution in [0.1, 0.15) is 55.2 Å². The van der Waals surface area contributed by atoms with Gasteiger partial charge in [0.25, 0.3) is 0 Å². The molecule has 0 amide bonds. The molecule has 1 heterocycles. The maximum absolute atomic E-state index is 6.44. The van der Waals surface area contributed by atoms with Gasteiger partial charge in [-0.2, -0.15) is 0 Å². The Labute approximate surface area is 110 Å². The number of nitrogens with two attached hydrogens (primary N) is 1. The molecule has 1 saturated heterocycles. The number of benzene rings is 1. The maximum Gasteiger partial charge on any atom is 0.0495 e. The van der Waals surface area contributed by atoms with E-state index in [1.165, 1.54) is 36.8 Å². The van der Waals surface area contributed by atoms with Crippen molar-refractivity contribution in [2.75, 3.05) is 13.2 Å². The lowest BCUT2D eigenvalue weighted by atomic mass is 9.76. The quantitative estimate of drug-likeness (QED) is 0.882. The standard InChI is InChI=1S/C16H23NO/c17-16(10-12-8-9-18-11-12)15-7-2-1-6-14(15)13-4-3-5-13/h1-2,6-7,12-13,16H,3-5,8-11,17H2. The molecule has 1 aromatic carbocycles. The Balaban J connectivity index is 1.73. The van der Waals surface area contributed by atoms with E-state index < -0.39 is 0 Å². The summed E-state index contributed by atoms with van der Waals surface area (Å²) in [5.41, 5.74) is 9.33. The van der Waals surface area contributed by atoms with E-state index in [0.29, 0.717) is 5.92 Å². The van der Waals surface area contributed by atoms with Crippen LogP contribution in [0.5, 0.6) is 0 Å². The lowest BCUT2D eigenvalue weighted by molar-refractivity contribution is 0.182. The number of hydrogen-bond acceptors (Lipinski definition) is 2. The zero-order valence-electron chi connectivity index (χ0n) is 11.0. The summed E-state index contributed by atoms with van der Waals surface area (Å²) in [5.74, 6) is 1.43. The van der Waals surface area contributed by atoms with E-state index in [4.69, 9.17) is 10.5 Å². The molecule has 2 heteroatoms. The minimum Gasteiger partial charge on any atom is -0.381 e. The van der Waals surface area contributed by atoms with Crippen molar-refractivity contribution >= 4 is 0 Å². The molecule has 18 heavy (non-hydrogen) atoms. The molecule has 3 rings (SSSR count). The van der Waals surface area contributed by atoms with E-state index in [0.717, 1.165) is 25.6 Å². The molecule has 2 N–H and O–H groups in total. The topological polar surface area (TPSA) is 35.2 Å². The van der Waals surface area contributed by atoms with Gasteiger partial charge in [0.1, 0.15) is 0 Å². The number of hydrogen-bond donors (Lipinski definition) is 1. The maximum atomic E-state index is 6.44. The number of ether oxygens (including phenoxy) is 1. The fraction of sp³-hybridized carbons (Fsp3) is 0.625. The highest BCUT2D eigenvalue weighted by molar-refractivity contribution is 5.34. The lowest BCUT2D eigenvalue weighted by Crippen LogP contribution is -2.20. The van der Waals surface area contributed by atoms with Crippen molar-refractivity contribution in [3.63, 3.8) is 0 Å². The number of rotatable bonds is 4. The molecule has 0 spiro atoms. The van der Waals surface area contributed by atoms with E-state index in [2.05, 4.69) is 24.3 Å². The van der Waals surface area contributed by atoms with Gasteiger partial charge in [0.2, 0.25) is 0 Å². The molecule has 2 unspecified atom stereocenters. The first-order valence-electron chi connectivity index (χ1n) is 7.26. The lowest BCUT2D eigenvalue weighted by Gasteiger charge is -2.30. The molecule has 0 radical (unpaired) electrons. The van der Waals surface area contributed by atoms with Crippen molar-refractivity contribution in [2.24, 2.45) is 11.7 Å². The first-order valence-corrected chi connectivity index (χ1v) is 7.26. The average Bonchev–Trinajstić information content (AvgIpc) is 2.80. The second-order valence-electron chi connectivity index (χ2n) is 5.83. The molecule has 2 fully saturated rings. The highest BCUT2D eigenvalue weighted by Crippen LogP contribution is 2.40. The van der Waals surface area contributed by atoms with Gasteiger partial charge in [-0.1, -0.05) is 30.7 Å². The van der Waals surface area contributed by atoms with Crippen molar-refractivity contribution in [1.29, 1.82) is 0 Å². The molecular formula is C16H23NO. The summed E-state index contributed by atoms with van der Waals surface area (Å²) >= 11 is 0. The van der Waals surface area contributed by atoms with Crippen LogP contribution in [0.3, 0.4) is 0 Å². The van der Waals surface area contributed by atoms with Crippen molar-refractivity contribution in [3.8, 4) is 0 Å². The fourth-order valence-electron chi connectivity index (χ4n) is 3.19. The summed E-state index contributed by atoms with van der Waals surface area (Å²) in [6.07, 6.45) is 6.32. The van der Waals surface area contributed by atoms with Crippen LogP contribution in [0.2, 0.25) is 0 Å². The van der Waals surface area contributed by atoms with Crippen molar-refractivity contribution in [1.82, 2.24) is 0 Å². The van der Waals surface area contributed by atoms with Gasteiger partial charge in [0, 0.05) is 19.3 Å². The van der Waals surface area contributed by atoms with Crippen LogP contribution < -0.4 is 5.73 Å². The zero-order valence-corrected chi connectivity index (χ0v) is 11.0. The normalized spacial score (nSPS) is 25.9. The summed E-state index contributed by atoms with van der Waals surface area (Å²) in [5, 5.41) is 0. The fourth-order valence-corrected chi connectivity index (χ4v) is 3.19. The van der Waals surface area contributed by atoms with Crippen LogP contribution in [0.15, 0.2) is 24.3 Å². The summed E-state index contributed by atoms with van der Waals surface area (Å²) in [6, 6.07) is 8.98. The van der Waals surface area contributed by atoms with Gasteiger partial charge >= 0.3 is 0 Å². The van der Waals surface area contributed by atoms with Gasteiger partial charge < -0.3 is 10.5 Å². The van der Waals surface area contributed by atoms with Gasteiger partial charge in [0.05, 0.1) is 0 Å². The highest BCUT2D eigenvalue weighted by Gasteiger charge is 2.25. The first-order chi connectivity index (χ1) is 8.84. The van der Waals surface area contributed by atoms with Crippen LogP contribution in [0.4, 0.5) is 0 Å². The second-order valence-corrected chi connectivity index (χ2v) is 5.83. The molecule has 0 bridgehead atoms. The largest absolute Gasteiger partial charge is 0.381 e. The Hall–Kier alpha value is -0.860. The minimum absolute atomic E-state index is 0.188. The van der Waals surface area contributed by atoms with E-state index in [-0.39, 0.29) is 6.04 Å². The zero-order chi connectivity index (χ0) is 12.4. The molecule has 2 nitrogen and oxygen atoms in total. The predicted molar refractivity (Wildman–Crippen MR) is 73.5 cm³/mol. The van der Waals surface area contributed by atoms with Gasteiger partial charge in [-0.15, -0.1) is 0 Å². The van der Waals surface area contributed by atoms with Gasteiger partial charge in [-0.3, -0.25) is 0 Å². The van der Waals surface area contributed by atoms with Gasteiger partial charge in [0.15, 0.2) is 0 Å². The second kappa shape index (κ2) is 5.41. The SMILES string of the molecule is NC(CC1CCOC1)c1ccccc1C1CCC1. The first kappa shape index (κ1) is 12.2. The Morgan fingerprint density at radius 3 is 2.72 bits per heavy atom. The Morgan fingerprint density at radius 1 is 1.22 bits per heavy atom. The van der Waals surface area contributed by atoms with Crippen LogP contribution in [-0.2, 0) is 4.74 Å². The third-order valence-electron chi connectivity index (χ3n) is 4.55. The van der Waals surface area contributed by atoms with E-state index in [1.807, 2.05) is 0 Å². The molecule has 2 aliphatic rings. The van der Waals surface area contributed by atoms with E-state index in [9.17, 15) is 0 Å². The summed E-state index contributed by atoms with van der Waals surface area (Å²) in [6.45, 7) is 1.82. The minimum atomic E-state index is 0.188. The van der Waals surface area contributed by atoms with Gasteiger partial charge in [-0.25, -0.2) is 0 Å². The van der Waals surface area contributed by atoms with Crippen LogP contribution in [0.25, 0.3) is 0 Å². The van der Waals surface area contributed by atoms with Crippen molar-refractivity contribution in [3.05, 3.63) is 35.4 Å². The Bertz CT molecular complexity index is 394. The Kier molecular flexibility index (Phi) is 3.67. The van der Waals surface area contributed by atoms with Crippen LogP contribution >= 0.6 is 0 Å². The predicted octanol–water partition coefficient (Wildman–Crippen LogP) is 3.38. The molecule has 1 aliphatic carbocycles. The molecule has 98 valence electrons. The Morgan fingerprint density at radius 2 is 2.06 bits per heavy atom. The molecule has 1 saturated carbocycles. The molecule has 0 aromatic heterocycles. The summed E-state index contributed by atoms with van der Waals surface area (Å²) in [4.78, 5) is 0. The average molecular weight is 245 g/mol. The summed E-state index contributed by atoms with van der Waals surface area (Å²) in [7, 11) is 0. The van der Waals surface area contributed by atoms with Crippen LogP contribution in [0, 0.1) is 5.92 Å². The van der Waals surface area contributed by atoms with E-state index in [1.54, 1.807) is 0 Å². The molecule has 2 atom stereocenters. The van der Waals surface area contributed by atoms with E-state index >= 15 is 0 Å². The van der Waals surface area contributed by atoms with Crippen molar-refractivity contribution < 1.29 is 4.74 Å². The third-order valence-corrected chi connectivity index (χ3v) is 4.55. The van der Waals surface area contributed by atoms with Crippen molar-refractivity contribution in [2.45, 2.75) is 44.1 Å². The van der Waals surface area contributed by atoms with Crippen LogP contribution in [-0.4, -0.2) is 13.2 Å². The monoisotopic (exact) mass is 245 g/mol. The highest BCUT2D eigenvalue weighted by atomic mass is 16.5. The third kappa shape index (κ3) is 2.45. The summed E-state index contributed by atoms with van der Waals surface area (Å²) < 4.78 is 5.45. The smallest absolute Gasteiger partial charge is 0.0495 e. The molecule has 1 aliphatic heterocycles. The van der Waals surface area contributed by atoms with Gasteiger partial charge in [-0.05, 0) is 48.6 Å².